The second-order valence-electron chi connectivity index (χ2n) is 8.76. The Balaban J connectivity index is 1.69. The molecule has 34 heavy (non-hydrogen) atoms. The molecule has 4 rings (SSSR count). The van der Waals surface area contributed by atoms with Crippen LogP contribution >= 0.6 is 24.0 Å². The molecule has 2 aliphatic heterocycles. The number of benzene rings is 1. The summed E-state index contributed by atoms with van der Waals surface area (Å²) in [5, 5.41) is 9.66. The van der Waals surface area contributed by atoms with E-state index < -0.39 is 0 Å². The molecule has 3 heterocycles. The van der Waals surface area contributed by atoms with Crippen molar-refractivity contribution in [2.45, 2.75) is 33.1 Å². The quantitative estimate of drug-likeness (QED) is 0.459. The van der Waals surface area contributed by atoms with E-state index in [-0.39, 0.29) is 17.0 Å². The first-order chi connectivity index (χ1) is 16.3. The average molecular weight is 493 g/mol. The van der Waals surface area contributed by atoms with Crippen LogP contribution in [-0.2, 0) is 18.3 Å². The van der Waals surface area contributed by atoms with E-state index in [9.17, 15) is 14.9 Å². The van der Waals surface area contributed by atoms with Crippen molar-refractivity contribution in [3.63, 3.8) is 0 Å². The van der Waals surface area contributed by atoms with Crippen LogP contribution in [0.1, 0.15) is 42.0 Å². The fraction of sp³-hybridized carbons (Fsp3) is 0.385. The van der Waals surface area contributed by atoms with Gasteiger partial charge < -0.3 is 4.90 Å². The molecule has 0 bridgehead atoms. The number of amides is 1. The Bertz CT molecular complexity index is 1250. The lowest BCUT2D eigenvalue weighted by Gasteiger charge is -2.36. The number of thioether (sulfide) groups is 1. The third kappa shape index (κ3) is 4.55. The highest BCUT2D eigenvalue weighted by molar-refractivity contribution is 8.26. The first kappa shape index (κ1) is 24.2. The number of nitrogens with zero attached hydrogens (tertiary/aromatic N) is 4. The third-order valence-electron chi connectivity index (χ3n) is 6.71. The minimum atomic E-state index is -0.306. The van der Waals surface area contributed by atoms with Gasteiger partial charge in [-0.2, -0.15) is 5.26 Å². The zero-order valence-electron chi connectivity index (χ0n) is 19.7. The summed E-state index contributed by atoms with van der Waals surface area (Å²) >= 11 is 6.64. The van der Waals surface area contributed by atoms with Gasteiger partial charge in [-0.3, -0.25) is 19.1 Å². The number of anilines is 1. The van der Waals surface area contributed by atoms with Crippen LogP contribution in [0.4, 0.5) is 5.82 Å². The normalized spacial score (nSPS) is 18.1. The predicted octanol–water partition coefficient (Wildman–Crippen LogP) is 4.25. The van der Waals surface area contributed by atoms with Crippen molar-refractivity contribution >= 4 is 46.1 Å². The topological polar surface area (TPSA) is 69.3 Å². The summed E-state index contributed by atoms with van der Waals surface area (Å²) in [6.07, 6.45) is 4.89. The Morgan fingerprint density at radius 3 is 2.47 bits per heavy atom. The lowest BCUT2D eigenvalue weighted by molar-refractivity contribution is -0.121. The molecule has 0 N–H and O–H groups in total. The van der Waals surface area contributed by atoms with Crippen molar-refractivity contribution in [2.24, 2.45) is 13.0 Å². The maximum atomic E-state index is 13.0. The summed E-state index contributed by atoms with van der Waals surface area (Å²) < 4.78 is 2.10. The number of thiocarbonyl (C=S) groups is 1. The van der Waals surface area contributed by atoms with Crippen LogP contribution in [-0.4, -0.2) is 39.3 Å². The van der Waals surface area contributed by atoms with E-state index in [0.717, 1.165) is 43.7 Å². The second-order valence-corrected chi connectivity index (χ2v) is 10.4. The molecule has 0 aliphatic carbocycles. The number of rotatable bonds is 5. The monoisotopic (exact) mass is 492 g/mol. The Hall–Kier alpha value is -2.89. The maximum Gasteiger partial charge on any atom is 0.270 e. The van der Waals surface area contributed by atoms with E-state index in [1.54, 1.807) is 23.4 Å². The van der Waals surface area contributed by atoms with Crippen LogP contribution in [0.3, 0.4) is 0 Å². The highest BCUT2D eigenvalue weighted by Gasteiger charge is 2.32. The van der Waals surface area contributed by atoms with Crippen molar-refractivity contribution in [1.29, 1.82) is 5.26 Å². The van der Waals surface area contributed by atoms with Gasteiger partial charge in [-0.1, -0.05) is 54.3 Å². The molecule has 176 valence electrons. The molecule has 1 aromatic carbocycles. The smallest absolute Gasteiger partial charge is 0.270 e. The van der Waals surface area contributed by atoms with Crippen LogP contribution in [0, 0.1) is 24.2 Å². The average Bonchev–Trinajstić information content (AvgIpc) is 3.11. The van der Waals surface area contributed by atoms with E-state index >= 15 is 0 Å². The number of pyridine rings is 1. The maximum absolute atomic E-state index is 13.0. The van der Waals surface area contributed by atoms with E-state index in [4.69, 9.17) is 12.2 Å². The number of aromatic nitrogens is 1. The number of carbonyl (C=O) groups excluding carboxylic acids is 1. The Kier molecular flexibility index (Phi) is 7.24. The molecule has 0 radical (unpaired) electrons. The molecular formula is C26H28N4O2S2. The molecule has 2 saturated heterocycles. The minimum Gasteiger partial charge on any atom is -0.357 e. The van der Waals surface area contributed by atoms with Gasteiger partial charge >= 0.3 is 0 Å². The van der Waals surface area contributed by atoms with E-state index in [1.807, 2.05) is 19.1 Å². The lowest BCUT2D eigenvalue weighted by atomic mass is 9.90. The zero-order valence-corrected chi connectivity index (χ0v) is 21.3. The molecule has 2 aromatic rings. The number of hydrogen-bond acceptors (Lipinski definition) is 6. The summed E-state index contributed by atoms with van der Waals surface area (Å²) in [6, 6.07) is 12.6. The Labute approximate surface area is 209 Å². The summed E-state index contributed by atoms with van der Waals surface area (Å²) in [6.45, 7) is 5.82. The molecule has 1 aromatic heterocycles. The molecule has 0 saturated carbocycles. The van der Waals surface area contributed by atoms with Crippen LogP contribution < -0.4 is 10.5 Å². The number of hydrogen-bond donors (Lipinski definition) is 0. The molecular weight excluding hydrogens is 464 g/mol. The predicted molar refractivity (Wildman–Crippen MR) is 142 cm³/mol. The van der Waals surface area contributed by atoms with Crippen molar-refractivity contribution in [3.8, 4) is 6.07 Å². The van der Waals surface area contributed by atoms with Crippen molar-refractivity contribution in [3.05, 3.63) is 67.8 Å². The lowest BCUT2D eigenvalue weighted by Crippen LogP contribution is -2.39. The van der Waals surface area contributed by atoms with E-state index in [1.165, 1.54) is 17.3 Å². The van der Waals surface area contributed by atoms with Gasteiger partial charge in [0.1, 0.15) is 21.8 Å². The highest BCUT2D eigenvalue weighted by Crippen LogP contribution is 2.36. The molecule has 6 nitrogen and oxygen atoms in total. The van der Waals surface area contributed by atoms with Crippen molar-refractivity contribution < 1.29 is 4.79 Å². The van der Waals surface area contributed by atoms with Crippen LogP contribution in [0.25, 0.3) is 6.08 Å². The standard InChI is InChI=1S/C26H28N4O2S2/c1-4-30-25(32)22(34-26(30)33)15-20-17(2)21(16-27)24(31)28(3)23(20)29-12-10-19(11-13-29)14-18-8-6-5-7-9-18/h5-9,15,19H,4,10-14H2,1-3H3. The number of carbonyl (C=O) groups is 1. The molecule has 1 amide bonds. The summed E-state index contributed by atoms with van der Waals surface area (Å²) in [4.78, 5) is 30.2. The molecule has 2 aliphatic rings. The van der Waals surface area contributed by atoms with Crippen molar-refractivity contribution in [2.75, 3.05) is 24.5 Å². The fourth-order valence-corrected chi connectivity index (χ4v) is 6.16. The summed E-state index contributed by atoms with van der Waals surface area (Å²) in [7, 11) is 1.71. The van der Waals surface area contributed by atoms with Gasteiger partial charge in [-0.25, -0.2) is 0 Å². The Morgan fingerprint density at radius 2 is 1.88 bits per heavy atom. The van der Waals surface area contributed by atoms with Gasteiger partial charge in [0.15, 0.2) is 0 Å². The van der Waals surface area contributed by atoms with Crippen molar-refractivity contribution in [1.82, 2.24) is 9.47 Å². The molecule has 8 heteroatoms. The second kappa shape index (κ2) is 10.2. The van der Waals surface area contributed by atoms with Gasteiger partial charge in [-0.05, 0) is 56.2 Å². The summed E-state index contributed by atoms with van der Waals surface area (Å²) in [5.41, 5.74) is 2.51. The number of likely N-dealkylation sites (N-methyl/N-ethyl adjacent to an activating group) is 1. The largest absolute Gasteiger partial charge is 0.357 e. The molecule has 0 unspecified atom stereocenters. The molecule has 0 spiro atoms. The van der Waals surface area contributed by atoms with E-state index in [0.29, 0.717) is 27.3 Å². The Morgan fingerprint density at radius 1 is 1.21 bits per heavy atom. The first-order valence-electron chi connectivity index (χ1n) is 11.5. The SMILES string of the molecule is CCN1C(=O)C(=Cc2c(C)c(C#N)c(=O)n(C)c2N2CCC(Cc3ccccc3)CC2)SC1=S. The van der Waals surface area contributed by atoms with Gasteiger partial charge in [0.05, 0.1) is 4.91 Å². The first-order valence-corrected chi connectivity index (χ1v) is 12.8. The van der Waals surface area contributed by atoms with E-state index in [2.05, 4.69) is 35.2 Å². The van der Waals surface area contributed by atoms with Crippen LogP contribution in [0.5, 0.6) is 0 Å². The van der Waals surface area contributed by atoms with Gasteiger partial charge in [0.2, 0.25) is 0 Å². The van der Waals surface area contributed by atoms with Crippen LogP contribution in [0.15, 0.2) is 40.0 Å². The van der Waals surface area contributed by atoms with Crippen LogP contribution in [0.2, 0.25) is 0 Å². The molecule has 0 atom stereocenters. The number of piperidine rings is 1. The van der Waals surface area contributed by atoms with Gasteiger partial charge in [0, 0.05) is 32.2 Å². The third-order valence-corrected chi connectivity index (χ3v) is 8.09. The zero-order chi connectivity index (χ0) is 24.4. The number of nitriles is 1. The summed E-state index contributed by atoms with van der Waals surface area (Å²) in [5.74, 6) is 1.22. The van der Waals surface area contributed by atoms with Gasteiger partial charge in [-0.15, -0.1) is 0 Å². The minimum absolute atomic E-state index is 0.113. The highest BCUT2D eigenvalue weighted by atomic mass is 32.2. The van der Waals surface area contributed by atoms with Gasteiger partial charge in [0.25, 0.3) is 11.5 Å². The fourth-order valence-electron chi connectivity index (χ4n) is 4.79. The molecule has 2 fully saturated rings.